The quantitative estimate of drug-likeness (QED) is 0.699. The number of halogens is 1. The molecule has 1 amide bonds. The van der Waals surface area contributed by atoms with E-state index in [0.717, 1.165) is 40.5 Å². The Kier molecular flexibility index (Phi) is 7.75. The maximum absolute atomic E-state index is 12.1. The van der Waals surface area contributed by atoms with Crippen LogP contribution in [0, 0.1) is 0 Å². The first kappa shape index (κ1) is 20.1. The van der Waals surface area contributed by atoms with Gasteiger partial charge in [-0.15, -0.1) is 0 Å². The standard InChI is InChI=1S/C20H25ClN2O3/c1-23(10-9-15-7-8-18(25-2)19(12-15)26-3)14-20(24)22-13-16-5-4-6-17(21)11-16/h4-8,11-12H,9-10,13-14H2,1-3H3,(H,22,24)/p+1. The summed E-state index contributed by atoms with van der Waals surface area (Å²) in [4.78, 5) is 13.2. The molecule has 0 fully saturated rings. The summed E-state index contributed by atoms with van der Waals surface area (Å²) in [6.45, 7) is 1.76. The van der Waals surface area contributed by atoms with Crippen LogP contribution in [0.15, 0.2) is 42.5 Å². The fraction of sp³-hybridized carbons (Fsp3) is 0.350. The number of hydrogen-bond acceptors (Lipinski definition) is 3. The summed E-state index contributed by atoms with van der Waals surface area (Å²) >= 11 is 5.95. The fourth-order valence-electron chi connectivity index (χ4n) is 2.67. The van der Waals surface area contributed by atoms with E-state index < -0.39 is 0 Å². The average molecular weight is 378 g/mol. The molecule has 0 aliphatic rings. The van der Waals surface area contributed by atoms with Crippen LogP contribution in [0.5, 0.6) is 11.5 Å². The smallest absolute Gasteiger partial charge is 0.275 e. The van der Waals surface area contributed by atoms with Crippen LogP contribution in [0.4, 0.5) is 0 Å². The van der Waals surface area contributed by atoms with Crippen LogP contribution >= 0.6 is 11.6 Å². The molecule has 0 radical (unpaired) electrons. The topological polar surface area (TPSA) is 52.0 Å². The number of hydrogen-bond donors (Lipinski definition) is 2. The third kappa shape index (κ3) is 6.24. The molecule has 0 aromatic heterocycles. The zero-order valence-corrected chi connectivity index (χ0v) is 16.2. The van der Waals surface area contributed by atoms with Gasteiger partial charge in [-0.25, -0.2) is 0 Å². The number of likely N-dealkylation sites (N-methyl/N-ethyl adjacent to an activating group) is 1. The molecule has 26 heavy (non-hydrogen) atoms. The largest absolute Gasteiger partial charge is 0.493 e. The van der Waals surface area contributed by atoms with Gasteiger partial charge in [-0.05, 0) is 35.4 Å². The number of ether oxygens (including phenoxy) is 2. The van der Waals surface area contributed by atoms with Gasteiger partial charge in [0.1, 0.15) is 0 Å². The molecule has 0 bridgehead atoms. The lowest BCUT2D eigenvalue weighted by Crippen LogP contribution is -3.10. The summed E-state index contributed by atoms with van der Waals surface area (Å²) in [5.74, 6) is 1.47. The molecule has 5 nitrogen and oxygen atoms in total. The Balaban J connectivity index is 1.77. The predicted molar refractivity (Wildman–Crippen MR) is 103 cm³/mol. The van der Waals surface area contributed by atoms with Gasteiger partial charge in [-0.1, -0.05) is 29.8 Å². The molecule has 2 N–H and O–H groups in total. The van der Waals surface area contributed by atoms with Crippen LogP contribution in [0.1, 0.15) is 11.1 Å². The second kappa shape index (κ2) is 10.0. The van der Waals surface area contributed by atoms with Crippen LogP contribution in [-0.2, 0) is 17.8 Å². The predicted octanol–water partition coefficient (Wildman–Crippen LogP) is 1.73. The molecule has 0 heterocycles. The molecule has 2 aromatic carbocycles. The lowest BCUT2D eigenvalue weighted by atomic mass is 10.1. The number of benzene rings is 2. The maximum Gasteiger partial charge on any atom is 0.275 e. The second-order valence-electron chi connectivity index (χ2n) is 6.23. The zero-order valence-electron chi connectivity index (χ0n) is 15.5. The van der Waals surface area contributed by atoms with Crippen molar-refractivity contribution in [3.05, 3.63) is 58.6 Å². The van der Waals surface area contributed by atoms with Crippen molar-refractivity contribution in [2.24, 2.45) is 0 Å². The number of carbonyl (C=O) groups is 1. The van der Waals surface area contributed by atoms with E-state index in [0.29, 0.717) is 18.1 Å². The molecule has 140 valence electrons. The van der Waals surface area contributed by atoms with E-state index >= 15 is 0 Å². The van der Waals surface area contributed by atoms with Crippen molar-refractivity contribution in [3.8, 4) is 11.5 Å². The molecule has 0 saturated heterocycles. The Labute approximate surface area is 159 Å². The lowest BCUT2D eigenvalue weighted by molar-refractivity contribution is -0.871. The van der Waals surface area contributed by atoms with Gasteiger partial charge in [0.15, 0.2) is 18.0 Å². The second-order valence-corrected chi connectivity index (χ2v) is 6.67. The SMILES string of the molecule is COc1ccc(CC[NH+](C)CC(=O)NCc2cccc(Cl)c2)cc1OC. The first-order valence-electron chi connectivity index (χ1n) is 8.55. The van der Waals surface area contributed by atoms with Gasteiger partial charge >= 0.3 is 0 Å². The molecule has 0 saturated carbocycles. The molecule has 2 rings (SSSR count). The average Bonchev–Trinajstić information content (AvgIpc) is 2.64. The van der Waals surface area contributed by atoms with Gasteiger partial charge in [0.25, 0.3) is 5.91 Å². The van der Waals surface area contributed by atoms with Crippen LogP contribution in [0.2, 0.25) is 5.02 Å². The molecule has 0 aliphatic carbocycles. The summed E-state index contributed by atoms with van der Waals surface area (Å²) in [5.41, 5.74) is 2.15. The Morgan fingerprint density at radius 3 is 2.54 bits per heavy atom. The lowest BCUT2D eigenvalue weighted by Gasteiger charge is -2.15. The van der Waals surface area contributed by atoms with Gasteiger partial charge in [0, 0.05) is 18.0 Å². The highest BCUT2D eigenvalue weighted by Crippen LogP contribution is 2.27. The number of rotatable bonds is 9. The highest BCUT2D eigenvalue weighted by molar-refractivity contribution is 6.30. The van der Waals surface area contributed by atoms with Gasteiger partial charge in [-0.2, -0.15) is 0 Å². The Morgan fingerprint density at radius 1 is 1.08 bits per heavy atom. The molecule has 0 aliphatic heterocycles. The van der Waals surface area contributed by atoms with E-state index in [4.69, 9.17) is 21.1 Å². The van der Waals surface area contributed by atoms with Crippen LogP contribution in [0.25, 0.3) is 0 Å². The summed E-state index contributed by atoms with van der Waals surface area (Å²) in [5, 5.41) is 3.61. The summed E-state index contributed by atoms with van der Waals surface area (Å²) < 4.78 is 10.6. The summed E-state index contributed by atoms with van der Waals surface area (Å²) in [6.07, 6.45) is 0.855. The van der Waals surface area contributed by atoms with Gasteiger partial charge < -0.3 is 19.7 Å². The first-order chi connectivity index (χ1) is 12.5. The van der Waals surface area contributed by atoms with Crippen molar-refractivity contribution in [2.75, 3.05) is 34.4 Å². The molecule has 0 spiro atoms. The van der Waals surface area contributed by atoms with Gasteiger partial charge in [-0.3, -0.25) is 4.79 Å². The fourth-order valence-corrected chi connectivity index (χ4v) is 2.88. The zero-order chi connectivity index (χ0) is 18.9. The molecule has 1 atom stereocenters. The van der Waals surface area contributed by atoms with Gasteiger partial charge in [0.05, 0.1) is 27.8 Å². The first-order valence-corrected chi connectivity index (χ1v) is 8.93. The monoisotopic (exact) mass is 377 g/mol. The minimum atomic E-state index is 0.0230. The minimum Gasteiger partial charge on any atom is -0.493 e. The summed E-state index contributed by atoms with van der Waals surface area (Å²) in [6, 6.07) is 13.4. The van der Waals surface area contributed by atoms with Crippen molar-refractivity contribution in [3.63, 3.8) is 0 Å². The van der Waals surface area contributed by atoms with Crippen molar-refractivity contribution in [2.45, 2.75) is 13.0 Å². The number of quaternary nitrogens is 1. The van der Waals surface area contributed by atoms with Gasteiger partial charge in [0.2, 0.25) is 0 Å². The Hall–Kier alpha value is -2.24. The maximum atomic E-state index is 12.1. The molecular weight excluding hydrogens is 352 g/mol. The highest BCUT2D eigenvalue weighted by atomic mass is 35.5. The molecule has 2 aromatic rings. The van der Waals surface area contributed by atoms with Crippen molar-refractivity contribution in [1.82, 2.24) is 5.32 Å². The van der Waals surface area contributed by atoms with Crippen LogP contribution in [0.3, 0.4) is 0 Å². The van der Waals surface area contributed by atoms with Crippen LogP contribution < -0.4 is 19.7 Å². The molecular formula is C20H26ClN2O3+. The minimum absolute atomic E-state index is 0.0230. The van der Waals surface area contributed by atoms with E-state index in [2.05, 4.69) is 5.32 Å². The van der Waals surface area contributed by atoms with Crippen molar-refractivity contribution in [1.29, 1.82) is 0 Å². The van der Waals surface area contributed by atoms with Crippen molar-refractivity contribution < 1.29 is 19.2 Å². The highest BCUT2D eigenvalue weighted by Gasteiger charge is 2.11. The Morgan fingerprint density at radius 2 is 1.85 bits per heavy atom. The molecule has 6 heteroatoms. The number of carbonyl (C=O) groups excluding carboxylic acids is 1. The van der Waals surface area contributed by atoms with Crippen LogP contribution in [-0.4, -0.2) is 40.3 Å². The number of nitrogens with one attached hydrogen (secondary N) is 2. The van der Waals surface area contributed by atoms with Crippen molar-refractivity contribution >= 4 is 17.5 Å². The van der Waals surface area contributed by atoms with E-state index in [1.54, 1.807) is 14.2 Å². The van der Waals surface area contributed by atoms with E-state index in [-0.39, 0.29) is 5.91 Å². The number of amides is 1. The normalized spacial score (nSPS) is 11.7. The summed E-state index contributed by atoms with van der Waals surface area (Å²) in [7, 11) is 5.26. The van der Waals surface area contributed by atoms with E-state index in [1.807, 2.05) is 49.5 Å². The van der Waals surface area contributed by atoms with E-state index in [1.165, 1.54) is 0 Å². The third-order valence-corrected chi connectivity index (χ3v) is 4.36. The Bertz CT molecular complexity index is 737. The van der Waals surface area contributed by atoms with E-state index in [9.17, 15) is 4.79 Å². The molecule has 1 unspecified atom stereocenters. The third-order valence-electron chi connectivity index (χ3n) is 4.13. The number of methoxy groups -OCH3 is 2.